The van der Waals surface area contributed by atoms with Crippen LogP contribution in [-0.2, 0) is 11.2 Å². The average molecular weight is 439 g/mol. The van der Waals surface area contributed by atoms with E-state index in [0.717, 1.165) is 47.5 Å². The minimum absolute atomic E-state index is 0.455. The van der Waals surface area contributed by atoms with Gasteiger partial charge in [-0.1, -0.05) is 61.5 Å². The summed E-state index contributed by atoms with van der Waals surface area (Å²) in [4.78, 5) is 13.6. The van der Waals surface area contributed by atoms with E-state index in [9.17, 15) is 0 Å². The van der Waals surface area contributed by atoms with E-state index in [1.807, 2.05) is 54.7 Å². The second-order valence-electron chi connectivity index (χ2n) is 8.19. The lowest BCUT2D eigenvalue weighted by atomic mass is 10.0. The van der Waals surface area contributed by atoms with E-state index in [-0.39, 0.29) is 0 Å². The summed E-state index contributed by atoms with van der Waals surface area (Å²) in [7, 11) is 0. The van der Waals surface area contributed by atoms with Crippen LogP contribution in [0, 0.1) is 5.92 Å². The standard InChI is InChI=1S/C27H26N4O2/c1-2-18-8-10-21(11-9-18)25(28)23(14-29-13-19-15-32-16-19)26-22-12-24(20-6-4-3-5-7-20)33-27(22)31-17-30-26/h3-12,14,17,19H,2,13,15-16,28H2,1H3/b25-23+,29-14?. The predicted molar refractivity (Wildman–Crippen MR) is 132 cm³/mol. The Balaban J connectivity index is 1.61. The molecule has 0 unspecified atom stereocenters. The van der Waals surface area contributed by atoms with Crippen molar-refractivity contribution in [2.24, 2.45) is 16.6 Å². The lowest BCUT2D eigenvalue weighted by Gasteiger charge is -2.23. The number of ether oxygens (including phenoxy) is 1. The summed E-state index contributed by atoms with van der Waals surface area (Å²) >= 11 is 0. The van der Waals surface area contributed by atoms with Gasteiger partial charge in [-0.05, 0) is 23.6 Å². The Kier molecular flexibility index (Phi) is 6.00. The molecular weight excluding hydrogens is 412 g/mol. The van der Waals surface area contributed by atoms with E-state index in [4.69, 9.17) is 14.9 Å². The molecule has 1 fully saturated rings. The quantitative estimate of drug-likeness (QED) is 0.411. The third-order valence-corrected chi connectivity index (χ3v) is 5.90. The molecule has 0 saturated carbocycles. The highest BCUT2D eigenvalue weighted by atomic mass is 16.5. The molecule has 0 amide bonds. The first kappa shape index (κ1) is 21.1. The molecule has 2 N–H and O–H groups in total. The molecule has 1 saturated heterocycles. The van der Waals surface area contributed by atoms with Crippen LogP contribution in [0.3, 0.4) is 0 Å². The van der Waals surface area contributed by atoms with Gasteiger partial charge in [0.2, 0.25) is 5.71 Å². The van der Waals surface area contributed by atoms with Gasteiger partial charge in [-0.15, -0.1) is 0 Å². The number of aliphatic imine (C=N–C) groups is 1. The van der Waals surface area contributed by atoms with Gasteiger partial charge < -0.3 is 14.9 Å². The first-order valence-electron chi connectivity index (χ1n) is 11.2. The van der Waals surface area contributed by atoms with Gasteiger partial charge in [-0.2, -0.15) is 0 Å². The molecule has 0 radical (unpaired) electrons. The fourth-order valence-electron chi connectivity index (χ4n) is 3.83. The number of fused-ring (bicyclic) bond motifs is 1. The summed E-state index contributed by atoms with van der Waals surface area (Å²) in [5.74, 6) is 1.19. The molecule has 0 atom stereocenters. The van der Waals surface area contributed by atoms with Crippen LogP contribution in [-0.4, -0.2) is 35.9 Å². The van der Waals surface area contributed by atoms with Crippen molar-refractivity contribution < 1.29 is 9.15 Å². The molecule has 2 aromatic carbocycles. The Bertz CT molecular complexity index is 1300. The summed E-state index contributed by atoms with van der Waals surface area (Å²) in [5.41, 5.74) is 12.5. The van der Waals surface area contributed by atoms with Crippen LogP contribution in [0.25, 0.3) is 33.7 Å². The average Bonchev–Trinajstić information content (AvgIpc) is 3.28. The van der Waals surface area contributed by atoms with E-state index in [0.29, 0.717) is 29.6 Å². The van der Waals surface area contributed by atoms with E-state index < -0.39 is 0 Å². The minimum Gasteiger partial charge on any atom is -0.438 e. The maximum absolute atomic E-state index is 6.71. The molecule has 33 heavy (non-hydrogen) atoms. The molecule has 0 bridgehead atoms. The number of hydrogen-bond acceptors (Lipinski definition) is 6. The van der Waals surface area contributed by atoms with Crippen LogP contribution in [0.5, 0.6) is 0 Å². The molecule has 0 aliphatic carbocycles. The Morgan fingerprint density at radius 2 is 1.88 bits per heavy atom. The molecular formula is C27H26N4O2. The number of furan rings is 1. The molecule has 166 valence electrons. The van der Waals surface area contributed by atoms with Gasteiger partial charge in [0.05, 0.1) is 24.3 Å². The summed E-state index contributed by atoms with van der Waals surface area (Å²) in [5, 5.41) is 0.804. The molecule has 3 heterocycles. The summed E-state index contributed by atoms with van der Waals surface area (Å²) in [6.45, 7) is 4.34. The van der Waals surface area contributed by atoms with Crippen molar-refractivity contribution in [3.05, 3.63) is 83.8 Å². The van der Waals surface area contributed by atoms with Crippen LogP contribution in [0.4, 0.5) is 0 Å². The fraction of sp³-hybridized carbons (Fsp3) is 0.222. The topological polar surface area (TPSA) is 86.5 Å². The molecule has 2 aromatic heterocycles. The third-order valence-electron chi connectivity index (χ3n) is 5.90. The molecule has 0 spiro atoms. The Morgan fingerprint density at radius 1 is 1.09 bits per heavy atom. The van der Waals surface area contributed by atoms with Crippen LogP contribution in [0.2, 0.25) is 0 Å². The number of rotatable bonds is 7. The van der Waals surface area contributed by atoms with Crippen LogP contribution in [0.15, 0.2) is 76.4 Å². The number of nitrogens with two attached hydrogens (primary N) is 1. The van der Waals surface area contributed by atoms with Crippen LogP contribution < -0.4 is 5.73 Å². The lowest BCUT2D eigenvalue weighted by molar-refractivity contribution is -0.0265. The molecule has 5 rings (SSSR count). The predicted octanol–water partition coefficient (Wildman–Crippen LogP) is 5.00. The zero-order valence-electron chi connectivity index (χ0n) is 18.6. The molecule has 6 heteroatoms. The molecule has 1 aliphatic heterocycles. The van der Waals surface area contributed by atoms with E-state index in [1.165, 1.54) is 11.9 Å². The smallest absolute Gasteiger partial charge is 0.230 e. The van der Waals surface area contributed by atoms with Crippen molar-refractivity contribution in [2.45, 2.75) is 13.3 Å². The monoisotopic (exact) mass is 438 g/mol. The van der Waals surface area contributed by atoms with Gasteiger partial charge in [0.25, 0.3) is 0 Å². The van der Waals surface area contributed by atoms with Crippen LogP contribution >= 0.6 is 0 Å². The van der Waals surface area contributed by atoms with Gasteiger partial charge >= 0.3 is 0 Å². The van der Waals surface area contributed by atoms with Crippen molar-refractivity contribution >= 4 is 28.6 Å². The first-order valence-corrected chi connectivity index (χ1v) is 11.2. The molecule has 1 aliphatic rings. The number of benzene rings is 2. The summed E-state index contributed by atoms with van der Waals surface area (Å²) < 4.78 is 11.3. The normalized spacial score (nSPS) is 15.1. The number of aromatic nitrogens is 2. The Hall–Kier alpha value is -3.77. The first-order chi connectivity index (χ1) is 16.2. The second kappa shape index (κ2) is 9.38. The molecule has 4 aromatic rings. The van der Waals surface area contributed by atoms with E-state index in [1.54, 1.807) is 0 Å². The lowest BCUT2D eigenvalue weighted by Crippen LogP contribution is -2.29. The number of nitrogens with zero attached hydrogens (tertiary/aromatic N) is 3. The SMILES string of the molecule is CCc1ccc(/C(N)=C(/C=NCC2COC2)c2ncnc3oc(-c4ccccc4)cc23)cc1. The number of aryl methyl sites for hydroxylation is 1. The zero-order valence-corrected chi connectivity index (χ0v) is 18.6. The van der Waals surface area contributed by atoms with Gasteiger partial charge in [0.1, 0.15) is 12.1 Å². The largest absolute Gasteiger partial charge is 0.438 e. The second-order valence-corrected chi connectivity index (χ2v) is 8.19. The van der Waals surface area contributed by atoms with Gasteiger partial charge in [-0.3, -0.25) is 4.99 Å². The zero-order chi connectivity index (χ0) is 22.6. The maximum Gasteiger partial charge on any atom is 0.230 e. The van der Waals surface area contributed by atoms with Crippen LogP contribution in [0.1, 0.15) is 23.7 Å². The van der Waals surface area contributed by atoms with E-state index in [2.05, 4.69) is 34.0 Å². The molecule has 6 nitrogen and oxygen atoms in total. The van der Waals surface area contributed by atoms with Crippen molar-refractivity contribution in [1.29, 1.82) is 0 Å². The van der Waals surface area contributed by atoms with Gasteiger partial charge in [0, 0.05) is 35.5 Å². The summed E-state index contributed by atoms with van der Waals surface area (Å²) in [6.07, 6.45) is 4.32. The van der Waals surface area contributed by atoms with Gasteiger partial charge in [0.15, 0.2) is 0 Å². The van der Waals surface area contributed by atoms with E-state index >= 15 is 0 Å². The highest BCUT2D eigenvalue weighted by Gasteiger charge is 2.19. The fourth-order valence-corrected chi connectivity index (χ4v) is 3.83. The summed E-state index contributed by atoms with van der Waals surface area (Å²) in [6, 6.07) is 20.2. The highest BCUT2D eigenvalue weighted by molar-refractivity contribution is 6.21. The highest BCUT2D eigenvalue weighted by Crippen LogP contribution is 2.32. The van der Waals surface area contributed by atoms with Crippen molar-refractivity contribution in [2.75, 3.05) is 19.8 Å². The van der Waals surface area contributed by atoms with Gasteiger partial charge in [-0.25, -0.2) is 9.97 Å². The third kappa shape index (κ3) is 4.43. The Labute approximate surface area is 192 Å². The van der Waals surface area contributed by atoms with Crippen molar-refractivity contribution in [3.8, 4) is 11.3 Å². The van der Waals surface area contributed by atoms with Crippen molar-refractivity contribution in [3.63, 3.8) is 0 Å². The Morgan fingerprint density at radius 3 is 2.58 bits per heavy atom. The minimum atomic E-state index is 0.455. The number of allylic oxidation sites excluding steroid dienone is 1. The number of hydrogen-bond donors (Lipinski definition) is 1. The van der Waals surface area contributed by atoms with Crippen molar-refractivity contribution in [1.82, 2.24) is 9.97 Å². The maximum atomic E-state index is 6.71.